The van der Waals surface area contributed by atoms with Gasteiger partial charge >= 0.3 is 0 Å². The summed E-state index contributed by atoms with van der Waals surface area (Å²) < 4.78 is 19.0. The van der Waals surface area contributed by atoms with E-state index in [2.05, 4.69) is 4.98 Å². The predicted molar refractivity (Wildman–Crippen MR) is 70.7 cm³/mol. The molecule has 0 saturated heterocycles. The molecule has 0 spiro atoms. The number of aryl methyl sites for hydroxylation is 2. The molecular weight excluding hydrogens is 245 g/mol. The summed E-state index contributed by atoms with van der Waals surface area (Å²) in [6.45, 7) is 3.59. The second kappa shape index (κ2) is 5.36. The first kappa shape index (κ1) is 13.5. The average Bonchev–Trinajstić information content (AvgIpc) is 2.37. The Balaban J connectivity index is 2.46. The SMILES string of the molecule is COc1cccc(C(O)c2c(C)cc(C)cc2F)n1. The molecule has 2 rings (SSSR count). The van der Waals surface area contributed by atoms with Gasteiger partial charge in [0.05, 0.1) is 12.8 Å². The number of hydrogen-bond acceptors (Lipinski definition) is 3. The molecule has 0 amide bonds. The first-order valence-corrected chi connectivity index (χ1v) is 5.98. The fourth-order valence-corrected chi connectivity index (χ4v) is 2.12. The van der Waals surface area contributed by atoms with Crippen molar-refractivity contribution in [2.24, 2.45) is 0 Å². The van der Waals surface area contributed by atoms with Gasteiger partial charge in [-0.3, -0.25) is 0 Å². The number of aliphatic hydroxyl groups excluding tert-OH is 1. The zero-order chi connectivity index (χ0) is 14.0. The Morgan fingerprint density at radius 3 is 2.63 bits per heavy atom. The van der Waals surface area contributed by atoms with Gasteiger partial charge in [0.15, 0.2) is 0 Å². The molecule has 0 aliphatic rings. The van der Waals surface area contributed by atoms with Crippen LogP contribution in [0, 0.1) is 19.7 Å². The number of halogens is 1. The molecule has 1 aromatic heterocycles. The van der Waals surface area contributed by atoms with Crippen LogP contribution in [0.25, 0.3) is 0 Å². The zero-order valence-electron chi connectivity index (χ0n) is 11.1. The fraction of sp³-hybridized carbons (Fsp3) is 0.267. The number of pyridine rings is 1. The van der Waals surface area contributed by atoms with Crippen molar-refractivity contribution < 1.29 is 14.2 Å². The molecule has 3 nitrogen and oxygen atoms in total. The molecule has 1 N–H and O–H groups in total. The Bertz CT molecular complexity index is 575. The number of aliphatic hydroxyl groups is 1. The van der Waals surface area contributed by atoms with Crippen LogP contribution >= 0.6 is 0 Å². The second-order valence-corrected chi connectivity index (χ2v) is 4.48. The molecule has 0 fully saturated rings. The topological polar surface area (TPSA) is 42.4 Å². The molecular formula is C15H16FNO2. The summed E-state index contributed by atoms with van der Waals surface area (Å²) in [7, 11) is 1.50. The van der Waals surface area contributed by atoms with Crippen molar-refractivity contribution >= 4 is 0 Å². The summed E-state index contributed by atoms with van der Waals surface area (Å²) in [5, 5.41) is 10.3. The minimum atomic E-state index is -1.10. The summed E-state index contributed by atoms with van der Waals surface area (Å²) in [6.07, 6.45) is -1.10. The summed E-state index contributed by atoms with van der Waals surface area (Å²) >= 11 is 0. The Hall–Kier alpha value is -1.94. The van der Waals surface area contributed by atoms with E-state index >= 15 is 0 Å². The van der Waals surface area contributed by atoms with E-state index in [0.29, 0.717) is 17.1 Å². The first-order valence-electron chi connectivity index (χ1n) is 5.98. The van der Waals surface area contributed by atoms with Gasteiger partial charge in [-0.15, -0.1) is 0 Å². The van der Waals surface area contributed by atoms with Gasteiger partial charge in [-0.25, -0.2) is 9.37 Å². The molecule has 19 heavy (non-hydrogen) atoms. The van der Waals surface area contributed by atoms with Gasteiger partial charge in [-0.1, -0.05) is 12.1 Å². The Kier molecular flexibility index (Phi) is 3.81. The number of methoxy groups -OCH3 is 1. The maximum atomic E-state index is 14.0. The van der Waals surface area contributed by atoms with Crippen LogP contribution in [0.2, 0.25) is 0 Å². The monoisotopic (exact) mass is 261 g/mol. The minimum Gasteiger partial charge on any atom is -0.481 e. The molecule has 100 valence electrons. The van der Waals surface area contributed by atoms with E-state index < -0.39 is 11.9 Å². The molecule has 0 aliphatic heterocycles. The lowest BCUT2D eigenvalue weighted by atomic mass is 9.98. The van der Waals surface area contributed by atoms with Crippen molar-refractivity contribution in [1.82, 2.24) is 4.98 Å². The third kappa shape index (κ3) is 2.74. The molecule has 4 heteroatoms. The largest absolute Gasteiger partial charge is 0.481 e. The quantitative estimate of drug-likeness (QED) is 0.923. The Labute approximate surface area is 111 Å². The van der Waals surface area contributed by atoms with Gasteiger partial charge in [0.25, 0.3) is 0 Å². The van der Waals surface area contributed by atoms with Gasteiger partial charge in [0.2, 0.25) is 5.88 Å². The van der Waals surface area contributed by atoms with Crippen molar-refractivity contribution in [3.63, 3.8) is 0 Å². The lowest BCUT2D eigenvalue weighted by molar-refractivity contribution is 0.207. The fourth-order valence-electron chi connectivity index (χ4n) is 2.12. The smallest absolute Gasteiger partial charge is 0.213 e. The van der Waals surface area contributed by atoms with Crippen LogP contribution in [-0.4, -0.2) is 17.2 Å². The van der Waals surface area contributed by atoms with Crippen LogP contribution in [-0.2, 0) is 0 Å². The Morgan fingerprint density at radius 2 is 2.00 bits per heavy atom. The third-order valence-corrected chi connectivity index (χ3v) is 2.99. The van der Waals surface area contributed by atoms with E-state index in [1.54, 1.807) is 25.1 Å². The van der Waals surface area contributed by atoms with E-state index in [0.717, 1.165) is 5.56 Å². The molecule has 0 bridgehead atoms. The van der Waals surface area contributed by atoms with Gasteiger partial charge < -0.3 is 9.84 Å². The maximum absolute atomic E-state index is 14.0. The van der Waals surface area contributed by atoms with E-state index in [4.69, 9.17) is 4.74 Å². The number of aromatic nitrogens is 1. The molecule has 0 radical (unpaired) electrons. The van der Waals surface area contributed by atoms with Gasteiger partial charge in [0.1, 0.15) is 11.9 Å². The zero-order valence-corrected chi connectivity index (χ0v) is 11.1. The lowest BCUT2D eigenvalue weighted by Gasteiger charge is -2.15. The number of rotatable bonds is 3. The molecule has 0 aliphatic carbocycles. The summed E-state index contributed by atoms with van der Waals surface area (Å²) in [5.74, 6) is -0.0312. The normalized spacial score (nSPS) is 12.3. The van der Waals surface area contributed by atoms with Crippen molar-refractivity contribution in [2.45, 2.75) is 20.0 Å². The van der Waals surface area contributed by atoms with Crippen LogP contribution in [0.5, 0.6) is 5.88 Å². The summed E-state index contributed by atoms with van der Waals surface area (Å²) in [6, 6.07) is 8.28. The highest BCUT2D eigenvalue weighted by molar-refractivity contribution is 5.37. The highest BCUT2D eigenvalue weighted by Gasteiger charge is 2.19. The van der Waals surface area contributed by atoms with E-state index in [9.17, 15) is 9.50 Å². The van der Waals surface area contributed by atoms with Crippen LogP contribution in [0.15, 0.2) is 30.3 Å². The average molecular weight is 261 g/mol. The number of benzene rings is 1. The van der Waals surface area contributed by atoms with Gasteiger partial charge in [0, 0.05) is 11.6 Å². The predicted octanol–water partition coefficient (Wildman–Crippen LogP) is 2.93. The van der Waals surface area contributed by atoms with Crippen LogP contribution in [0.1, 0.15) is 28.5 Å². The van der Waals surface area contributed by atoms with Crippen molar-refractivity contribution in [1.29, 1.82) is 0 Å². The Morgan fingerprint density at radius 1 is 1.26 bits per heavy atom. The minimum absolute atomic E-state index is 0.256. The number of ether oxygens (including phenoxy) is 1. The van der Waals surface area contributed by atoms with Crippen LogP contribution in [0.4, 0.5) is 4.39 Å². The highest BCUT2D eigenvalue weighted by atomic mass is 19.1. The van der Waals surface area contributed by atoms with Crippen LogP contribution in [0.3, 0.4) is 0 Å². The number of hydrogen-bond donors (Lipinski definition) is 1. The van der Waals surface area contributed by atoms with Gasteiger partial charge in [-0.05, 0) is 37.1 Å². The molecule has 1 aromatic carbocycles. The molecule has 1 unspecified atom stereocenters. The molecule has 1 heterocycles. The number of nitrogens with zero attached hydrogens (tertiary/aromatic N) is 1. The van der Waals surface area contributed by atoms with E-state index in [1.165, 1.54) is 13.2 Å². The van der Waals surface area contributed by atoms with E-state index in [-0.39, 0.29) is 5.56 Å². The summed E-state index contributed by atoms with van der Waals surface area (Å²) in [5.41, 5.74) is 2.15. The van der Waals surface area contributed by atoms with Crippen molar-refractivity contribution in [2.75, 3.05) is 7.11 Å². The van der Waals surface area contributed by atoms with E-state index in [1.807, 2.05) is 13.0 Å². The van der Waals surface area contributed by atoms with Crippen molar-refractivity contribution in [3.8, 4) is 5.88 Å². The first-order chi connectivity index (χ1) is 9.02. The lowest BCUT2D eigenvalue weighted by Crippen LogP contribution is -2.08. The molecule has 2 aromatic rings. The maximum Gasteiger partial charge on any atom is 0.213 e. The van der Waals surface area contributed by atoms with Crippen LogP contribution < -0.4 is 4.74 Å². The highest BCUT2D eigenvalue weighted by Crippen LogP contribution is 2.28. The third-order valence-electron chi connectivity index (χ3n) is 2.99. The van der Waals surface area contributed by atoms with Gasteiger partial charge in [-0.2, -0.15) is 0 Å². The molecule has 1 atom stereocenters. The molecule has 0 saturated carbocycles. The van der Waals surface area contributed by atoms with Crippen molar-refractivity contribution in [3.05, 3.63) is 58.5 Å². The second-order valence-electron chi connectivity index (χ2n) is 4.48. The summed E-state index contributed by atoms with van der Waals surface area (Å²) in [4.78, 5) is 4.13. The standard InChI is InChI=1S/C15H16FNO2/c1-9-7-10(2)14(11(16)8-9)15(18)12-5-4-6-13(17-12)19-3/h4-8,15,18H,1-3H3.